The van der Waals surface area contributed by atoms with Crippen LogP contribution in [0, 0.1) is 50.6 Å². The minimum absolute atomic E-state index is 0. The van der Waals surface area contributed by atoms with Gasteiger partial charge in [0.25, 0.3) is 25.4 Å². The Morgan fingerprint density at radius 2 is 0.167 bits per heavy atom. The van der Waals surface area contributed by atoms with Gasteiger partial charge in [0.15, 0.2) is 0 Å². The van der Waals surface area contributed by atoms with E-state index in [-0.39, 0.29) is 209 Å². The second kappa shape index (κ2) is 1120. The van der Waals surface area contributed by atoms with Gasteiger partial charge < -0.3 is 235 Å². The first-order valence-electron chi connectivity index (χ1n) is 2.83. The van der Waals surface area contributed by atoms with Crippen molar-refractivity contribution in [2.75, 3.05) is 0 Å². The number of hydrogen-bond donors (Lipinski definition) is 39. The van der Waals surface area contributed by atoms with Gasteiger partial charge in [-0.05, 0) is 0 Å². The van der Waals surface area contributed by atoms with E-state index in [1.54, 1.807) is 0 Å². The van der Waals surface area contributed by atoms with Crippen molar-refractivity contribution in [2.24, 2.45) is 0 Å². The first-order chi connectivity index (χ1) is 8.66. The van der Waals surface area contributed by atoms with E-state index in [4.69, 9.17) is 76.6 Å². The third-order valence-electron chi connectivity index (χ3n) is 0. The van der Waals surface area contributed by atoms with E-state index >= 15 is 0 Å². The summed E-state index contributed by atoms with van der Waals surface area (Å²) >= 11 is 0. The molecule has 54 nitrogen and oxygen atoms in total. The highest BCUT2D eigenvalue weighted by Gasteiger charge is 1.67. The van der Waals surface area contributed by atoms with E-state index in [0.29, 0.717) is 0 Å². The molecule has 0 atom stereocenters. The Bertz CT molecular complexity index is 231. The maximum atomic E-state index is 8.36. The van der Waals surface area contributed by atoms with Crippen molar-refractivity contribution in [1.82, 2.24) is 209 Å². The van der Waals surface area contributed by atoms with Crippen molar-refractivity contribution >= 4 is 0 Å². The van der Waals surface area contributed by atoms with Crippen LogP contribution in [0.4, 0.5) is 0 Å². The van der Waals surface area contributed by atoms with Crippen molar-refractivity contribution in [2.45, 2.75) is 0 Å². The van der Waals surface area contributed by atoms with E-state index < -0.39 is 25.4 Å². The number of hydrogen-bond acceptors (Lipinski definition) is 44. The van der Waals surface area contributed by atoms with E-state index in [9.17, 15) is 0 Å². The molecule has 0 saturated carbocycles. The Kier molecular flexibility index (Phi) is 24500. The summed E-state index contributed by atoms with van der Waals surface area (Å²) in [5.41, 5.74) is 0. The van der Waals surface area contributed by atoms with Crippen LogP contribution >= 0.6 is 0 Å². The molecule has 0 fully saturated rings. The second-order valence-corrected chi connectivity index (χ2v) is 1.19. The van der Waals surface area contributed by atoms with Gasteiger partial charge in [-0.2, -0.15) is 0 Å². The Balaban J connectivity index is -0.00000000122. The maximum Gasteiger partial charge on any atom is 0.291 e. The number of nitrogens with zero attached hydrogens (tertiary/aromatic N) is 5. The van der Waals surface area contributed by atoms with Gasteiger partial charge in [0.05, 0.1) is 0 Å². The zero-order valence-electron chi connectivity index (χ0n) is 32.6. The van der Waals surface area contributed by atoms with Crippen LogP contribution < -0.4 is 209 Å². The highest BCUT2D eigenvalue weighted by molar-refractivity contribution is 3.84. The molecule has 0 unspecified atom stereocenters. The van der Waals surface area contributed by atoms with Gasteiger partial charge in [-0.15, -0.1) is 50.6 Å². The summed E-state index contributed by atoms with van der Waals surface area (Å²) in [6.45, 7) is 0. The zero-order valence-corrected chi connectivity index (χ0v) is 32.6. The second-order valence-electron chi connectivity index (χ2n) is 1.19. The van der Waals surface area contributed by atoms with E-state index in [1.165, 1.54) is 0 Å². The van der Waals surface area contributed by atoms with Gasteiger partial charge in [-0.1, -0.05) is 0 Å². The van der Waals surface area contributed by atoms with Gasteiger partial charge in [0.1, 0.15) is 0 Å². The molecule has 0 amide bonds. The molecule has 54 heavy (non-hydrogen) atoms. The van der Waals surface area contributed by atoms with Crippen molar-refractivity contribution in [3.8, 4) is 0 Å². The van der Waals surface area contributed by atoms with Crippen LogP contribution in [0.3, 0.4) is 0 Å². The lowest BCUT2D eigenvalue weighted by Gasteiger charge is -1.56. The van der Waals surface area contributed by atoms with Crippen LogP contribution in [0.2, 0.25) is 0 Å². The summed E-state index contributed by atoms with van der Waals surface area (Å²) in [6, 6.07) is 0. The SMILES string of the molecule is N.N.N.N.N.N.N.N.N.N.N.N.N.N.N.N.N.N.N.N.N.N.N.N.N.N.N.N.N.N.N.N.N.N.O=[N+]([O-])O.O=[N+]([O-])O.O=[N+]([O-])O.O=[N+]([O-])O.O=[N+]([O-])O. The summed E-state index contributed by atoms with van der Waals surface area (Å²) < 4.78 is 0. The maximum absolute atomic E-state index is 8.36. The molecule has 0 spiro atoms. The highest BCUT2D eigenvalue weighted by atomic mass is 16.9. The van der Waals surface area contributed by atoms with Crippen LogP contribution in [0.1, 0.15) is 0 Å². The molecule has 0 aromatic rings. The van der Waals surface area contributed by atoms with Crippen molar-refractivity contribution in [3.63, 3.8) is 0 Å². The lowest BCUT2D eigenvalue weighted by Crippen LogP contribution is -1.81. The van der Waals surface area contributed by atoms with Crippen LogP contribution in [-0.2, 0) is 0 Å². The Labute approximate surface area is 312 Å². The van der Waals surface area contributed by atoms with Crippen molar-refractivity contribution < 1.29 is 51.5 Å². The van der Waals surface area contributed by atoms with Gasteiger partial charge in [0, 0.05) is 0 Å². The normalized spacial score (nSPS) is 2.22. The minimum atomic E-state index is -1.50. The quantitative estimate of drug-likeness (QED) is 0.121. The van der Waals surface area contributed by atoms with Crippen molar-refractivity contribution in [1.29, 1.82) is 0 Å². The average molecular weight is 894 g/mol. The molecule has 0 aromatic heterocycles. The third kappa shape index (κ3) is 3380. The molecule has 54 heteroatoms. The molecule has 0 aromatic carbocycles. The monoisotopic (exact) mass is 894 g/mol. The summed E-state index contributed by atoms with van der Waals surface area (Å²) in [5, 5.41) is 68.2. The third-order valence-corrected chi connectivity index (χ3v) is 0. The van der Waals surface area contributed by atoms with Gasteiger partial charge >= 0.3 is 0 Å². The zero-order chi connectivity index (χ0) is 17.9. The van der Waals surface area contributed by atoms with Gasteiger partial charge in [0.2, 0.25) is 0 Å². The summed E-state index contributed by atoms with van der Waals surface area (Å²) in [5.74, 6) is 0. The van der Waals surface area contributed by atoms with E-state index in [1.807, 2.05) is 0 Å². The van der Waals surface area contributed by atoms with E-state index in [0.717, 1.165) is 0 Å². The molecule has 0 aliphatic heterocycles. The molecule has 392 valence electrons. The molecule has 0 aliphatic carbocycles. The largest absolute Gasteiger partial charge is 0.344 e. The molecule has 0 saturated heterocycles. The van der Waals surface area contributed by atoms with Crippen LogP contribution in [0.15, 0.2) is 0 Å². The van der Waals surface area contributed by atoms with Gasteiger partial charge in [-0.25, -0.2) is 0 Å². The molecular weight excluding hydrogens is 786 g/mol. The predicted molar refractivity (Wildman–Crippen MR) is 215 cm³/mol. The first kappa shape index (κ1) is 1190. The summed E-state index contributed by atoms with van der Waals surface area (Å²) in [4.78, 5) is 41.8. The fraction of sp³-hybridized carbons (Fsp3) is 0. The molecular formula is H107N39O15. The van der Waals surface area contributed by atoms with Crippen LogP contribution in [0.5, 0.6) is 0 Å². The van der Waals surface area contributed by atoms with E-state index in [2.05, 4.69) is 0 Å². The Hall–Kier alpha value is -5.36. The summed E-state index contributed by atoms with van der Waals surface area (Å²) in [6.07, 6.45) is 0. The lowest BCUT2D eigenvalue weighted by molar-refractivity contribution is -0.742. The minimum Gasteiger partial charge on any atom is -0.344 e. The molecule has 0 heterocycles. The standard InChI is InChI=1S/5HNO3.34H3N/c5*2-1(3)4;;;;;;;;;;;;;;;;;;;;;;;;;;;;;;;;;;/h5*(H,2,3,4);34*1H3. The molecule has 0 rings (SSSR count). The fourth-order valence-corrected chi connectivity index (χ4v) is 0. The molecule has 107 N–H and O–H groups in total. The fourth-order valence-electron chi connectivity index (χ4n) is 0. The Morgan fingerprint density at radius 3 is 0.167 bits per heavy atom. The van der Waals surface area contributed by atoms with Crippen LogP contribution in [0.25, 0.3) is 0 Å². The molecule has 0 aliphatic rings. The smallest absolute Gasteiger partial charge is 0.291 e. The number of rotatable bonds is 0. The Morgan fingerprint density at radius 1 is 0.167 bits per heavy atom. The molecule has 0 radical (unpaired) electrons. The lowest BCUT2D eigenvalue weighted by atomic mass is 13.1. The van der Waals surface area contributed by atoms with Crippen molar-refractivity contribution in [3.05, 3.63) is 50.6 Å². The topological polar surface area (TPSA) is 1510 Å². The van der Waals surface area contributed by atoms with Crippen LogP contribution in [-0.4, -0.2) is 51.5 Å². The average Bonchev–Trinajstić information content (AvgIpc) is 1.94. The molecule has 0 bridgehead atoms. The summed E-state index contributed by atoms with van der Waals surface area (Å²) in [7, 11) is 0. The first-order valence-corrected chi connectivity index (χ1v) is 2.83. The highest BCUT2D eigenvalue weighted by Crippen LogP contribution is 1.39. The predicted octanol–water partition coefficient (Wildman–Crippen LogP) is 3.77. The van der Waals surface area contributed by atoms with Gasteiger partial charge in [-0.3, -0.25) is 0 Å².